The zero-order chi connectivity index (χ0) is 25.0. The number of thioether (sulfide) groups is 1. The number of unbranched alkanes of at least 4 members (excludes halogenated alkanes) is 3. The first-order chi connectivity index (χ1) is 16.3. The lowest BCUT2D eigenvalue weighted by atomic mass is 9.90. The van der Waals surface area contributed by atoms with Crippen LogP contribution in [0.15, 0.2) is 36.4 Å². The van der Waals surface area contributed by atoms with Gasteiger partial charge in [-0.25, -0.2) is 0 Å². The van der Waals surface area contributed by atoms with E-state index in [2.05, 4.69) is 6.92 Å². The maximum atomic E-state index is 12.5. The average molecular weight is 493 g/mol. The van der Waals surface area contributed by atoms with E-state index in [1.54, 1.807) is 7.11 Å². The Hall–Kier alpha value is -1.83. The molecule has 6 nitrogen and oxygen atoms in total. The van der Waals surface area contributed by atoms with E-state index < -0.39 is 17.7 Å². The lowest BCUT2D eigenvalue weighted by Crippen LogP contribution is -2.37. The third-order valence-electron chi connectivity index (χ3n) is 6.40. The van der Waals surface area contributed by atoms with Crippen molar-refractivity contribution in [3.63, 3.8) is 0 Å². The van der Waals surface area contributed by atoms with Crippen molar-refractivity contribution in [1.82, 2.24) is 0 Å². The van der Waals surface area contributed by atoms with E-state index in [4.69, 9.17) is 9.84 Å². The van der Waals surface area contributed by atoms with Gasteiger partial charge >= 0.3 is 5.97 Å². The van der Waals surface area contributed by atoms with E-state index >= 15 is 0 Å². The van der Waals surface area contributed by atoms with E-state index in [1.165, 1.54) is 11.8 Å². The first-order valence-electron chi connectivity index (χ1n) is 12.3. The Bertz CT molecular complexity index is 793. The smallest absolute Gasteiger partial charge is 0.303 e. The lowest BCUT2D eigenvalue weighted by molar-refractivity contribution is -0.137. The van der Waals surface area contributed by atoms with Gasteiger partial charge in [0.15, 0.2) is 0 Å². The zero-order valence-corrected chi connectivity index (χ0v) is 21.3. The Labute approximate surface area is 207 Å². The first kappa shape index (κ1) is 28.4. The quantitative estimate of drug-likeness (QED) is 0.225. The van der Waals surface area contributed by atoms with E-state index in [0.717, 1.165) is 30.6 Å². The number of allylic oxidation sites excluding steroid dienone is 2. The highest BCUT2D eigenvalue weighted by molar-refractivity contribution is 8.00. The molecule has 0 radical (unpaired) electrons. The summed E-state index contributed by atoms with van der Waals surface area (Å²) in [5, 5.41) is 30.6. The predicted molar refractivity (Wildman–Crippen MR) is 136 cm³/mol. The lowest BCUT2D eigenvalue weighted by Gasteiger charge is -2.31. The molecule has 0 aliphatic heterocycles. The molecule has 34 heavy (non-hydrogen) atoms. The molecular formula is C27H40O6S. The van der Waals surface area contributed by atoms with Gasteiger partial charge in [0.1, 0.15) is 11.5 Å². The summed E-state index contributed by atoms with van der Waals surface area (Å²) in [7, 11) is 1.63. The minimum Gasteiger partial charge on any atom is -0.497 e. The number of aliphatic hydroxyl groups is 2. The molecule has 0 heterocycles. The number of carbonyl (C=O) groups is 2. The number of rotatable bonds is 16. The Morgan fingerprint density at radius 1 is 1.21 bits per heavy atom. The maximum Gasteiger partial charge on any atom is 0.303 e. The van der Waals surface area contributed by atoms with Gasteiger partial charge in [-0.15, -0.1) is 0 Å². The molecule has 0 spiro atoms. The highest BCUT2D eigenvalue weighted by Gasteiger charge is 2.42. The number of carboxylic acids is 1. The van der Waals surface area contributed by atoms with Gasteiger partial charge in [-0.05, 0) is 43.4 Å². The van der Waals surface area contributed by atoms with Crippen LogP contribution in [0.2, 0.25) is 0 Å². The van der Waals surface area contributed by atoms with Crippen molar-refractivity contribution >= 4 is 23.5 Å². The fourth-order valence-electron chi connectivity index (χ4n) is 4.44. The van der Waals surface area contributed by atoms with Gasteiger partial charge in [-0.3, -0.25) is 9.59 Å². The second kappa shape index (κ2) is 14.5. The van der Waals surface area contributed by atoms with E-state index in [-0.39, 0.29) is 29.8 Å². The van der Waals surface area contributed by atoms with Gasteiger partial charge in [0.05, 0.1) is 18.8 Å². The van der Waals surface area contributed by atoms with Crippen molar-refractivity contribution in [2.24, 2.45) is 5.92 Å². The number of aliphatic carboxylic acids is 1. The van der Waals surface area contributed by atoms with E-state index in [0.29, 0.717) is 37.9 Å². The first-order valence-corrected chi connectivity index (χ1v) is 13.4. The Kier molecular flexibility index (Phi) is 12.2. The number of ketones is 1. The van der Waals surface area contributed by atoms with Crippen molar-refractivity contribution in [3.05, 3.63) is 42.0 Å². The molecule has 1 aliphatic rings. The summed E-state index contributed by atoms with van der Waals surface area (Å²) in [5.74, 6) is 0.205. The molecular weight excluding hydrogens is 452 g/mol. The normalized spacial score (nSPS) is 22.2. The number of hydrogen-bond acceptors (Lipinski definition) is 6. The highest BCUT2D eigenvalue weighted by Crippen LogP contribution is 2.38. The van der Waals surface area contributed by atoms with Crippen LogP contribution in [0.3, 0.4) is 0 Å². The van der Waals surface area contributed by atoms with Crippen LogP contribution in [-0.4, -0.2) is 56.9 Å². The molecule has 1 aliphatic carbocycles. The summed E-state index contributed by atoms with van der Waals surface area (Å²) in [4.78, 5) is 23.1. The minimum absolute atomic E-state index is 0.0601. The number of ether oxygens (including phenoxy) is 1. The number of methoxy groups -OCH3 is 1. The summed E-state index contributed by atoms with van der Waals surface area (Å²) in [5.41, 5.74) is 0.112. The molecule has 3 N–H and O–H groups in total. The molecule has 190 valence electrons. The van der Waals surface area contributed by atoms with Crippen LogP contribution in [0.4, 0.5) is 0 Å². The van der Waals surface area contributed by atoms with Gasteiger partial charge in [0.25, 0.3) is 0 Å². The van der Waals surface area contributed by atoms with Gasteiger partial charge in [0.2, 0.25) is 0 Å². The van der Waals surface area contributed by atoms with E-state index in [9.17, 15) is 19.8 Å². The van der Waals surface area contributed by atoms with Crippen molar-refractivity contribution < 1.29 is 29.6 Å². The predicted octanol–water partition coefficient (Wildman–Crippen LogP) is 4.80. The monoisotopic (exact) mass is 492 g/mol. The van der Waals surface area contributed by atoms with Crippen molar-refractivity contribution in [3.8, 4) is 5.75 Å². The number of aliphatic hydroxyl groups excluding tert-OH is 1. The molecule has 7 heteroatoms. The number of hydrogen-bond donors (Lipinski definition) is 3. The summed E-state index contributed by atoms with van der Waals surface area (Å²) >= 11 is 1.51. The third kappa shape index (κ3) is 9.43. The van der Waals surface area contributed by atoms with Crippen LogP contribution in [0.5, 0.6) is 5.75 Å². The van der Waals surface area contributed by atoms with Gasteiger partial charge < -0.3 is 20.1 Å². The van der Waals surface area contributed by atoms with Crippen LogP contribution in [0, 0.1) is 5.92 Å². The zero-order valence-electron chi connectivity index (χ0n) is 20.4. The topological polar surface area (TPSA) is 104 Å². The average Bonchev–Trinajstić information content (AvgIpc) is 3.07. The fraction of sp³-hybridized carbons (Fsp3) is 0.630. The number of benzene rings is 1. The highest BCUT2D eigenvalue weighted by atomic mass is 32.2. The minimum atomic E-state index is -0.920. The van der Waals surface area contributed by atoms with Gasteiger partial charge in [0, 0.05) is 36.2 Å². The van der Waals surface area contributed by atoms with Crippen molar-refractivity contribution in [2.75, 3.05) is 12.9 Å². The van der Waals surface area contributed by atoms with Crippen LogP contribution in [0.25, 0.3) is 0 Å². The largest absolute Gasteiger partial charge is 0.497 e. The van der Waals surface area contributed by atoms with Crippen LogP contribution >= 0.6 is 11.8 Å². The molecule has 0 saturated heterocycles. The molecule has 0 aromatic heterocycles. The molecule has 0 bridgehead atoms. The molecule has 0 amide bonds. The summed E-state index contributed by atoms with van der Waals surface area (Å²) in [6.45, 7) is 2.14. The second-order valence-corrected chi connectivity index (χ2v) is 10.5. The van der Waals surface area contributed by atoms with Gasteiger partial charge in [-0.2, -0.15) is 11.8 Å². The maximum absolute atomic E-state index is 12.5. The number of carbonyl (C=O) groups excluding carboxylic acids is 1. The Morgan fingerprint density at radius 2 is 1.94 bits per heavy atom. The Balaban J connectivity index is 2.00. The Morgan fingerprint density at radius 3 is 2.59 bits per heavy atom. The van der Waals surface area contributed by atoms with Crippen molar-refractivity contribution in [2.45, 2.75) is 88.1 Å². The number of Topliss-reactive ketones (excluding diaryl/α,β-unsaturated/α-hetero) is 1. The SMILES string of the molecule is CCCCCC(O)(CS[C@H]1C(O)CC(=O)[C@@H]1CC=CCCCC(=O)O)Cc1ccc(OC)cc1. The summed E-state index contributed by atoms with van der Waals surface area (Å²) in [6, 6.07) is 7.74. The summed E-state index contributed by atoms with van der Waals surface area (Å²) < 4.78 is 5.23. The van der Waals surface area contributed by atoms with Crippen LogP contribution in [0.1, 0.15) is 70.3 Å². The second-order valence-electron chi connectivity index (χ2n) is 9.32. The molecule has 1 saturated carbocycles. The molecule has 1 fully saturated rings. The molecule has 1 aromatic carbocycles. The molecule has 2 rings (SSSR count). The fourth-order valence-corrected chi connectivity index (χ4v) is 6.00. The molecule has 1 aromatic rings. The third-order valence-corrected chi connectivity index (χ3v) is 8.13. The van der Waals surface area contributed by atoms with Crippen LogP contribution < -0.4 is 4.74 Å². The number of carboxylic acid groups (broad SMARTS) is 1. The van der Waals surface area contributed by atoms with Crippen LogP contribution in [-0.2, 0) is 16.0 Å². The standard InChI is InChI=1S/C27H40O6S/c1-3-4-9-16-27(32,18-20-12-14-21(33-2)15-13-20)19-34-26-22(23(28)17-24(26)29)10-7-5-6-8-11-25(30)31/h5,7,12-15,22,24,26,29,32H,3-4,6,8-11,16-19H2,1-2H3,(H,30,31)/t22-,24?,26+,27?/m0/s1. The molecule has 4 atom stereocenters. The van der Waals surface area contributed by atoms with E-state index in [1.807, 2.05) is 36.4 Å². The van der Waals surface area contributed by atoms with Crippen molar-refractivity contribution in [1.29, 1.82) is 0 Å². The summed E-state index contributed by atoms with van der Waals surface area (Å²) in [6.07, 6.45) is 9.44. The van der Waals surface area contributed by atoms with Gasteiger partial charge in [-0.1, -0.05) is 50.5 Å². The molecule has 2 unspecified atom stereocenters.